The molecule has 0 radical (unpaired) electrons. The minimum atomic E-state index is -0.733. The van der Waals surface area contributed by atoms with Crippen molar-refractivity contribution in [1.82, 2.24) is 9.97 Å². The SMILES string of the molecule is CC(C)(C)OC(=O)c1ccc(-c2cncc3ccccc23)cc1N.CC(C)(C)OC(=O)c1ccc(-c2cncc3ccccc23)cc1[N+](=O)[O-]. The van der Waals surface area contributed by atoms with Gasteiger partial charge < -0.3 is 15.2 Å². The predicted molar refractivity (Wildman–Crippen MR) is 196 cm³/mol. The van der Waals surface area contributed by atoms with E-state index in [4.69, 9.17) is 15.2 Å². The zero-order valence-corrected chi connectivity index (χ0v) is 28.8. The first kappa shape index (κ1) is 35.2. The second kappa shape index (κ2) is 14.1. The fourth-order valence-corrected chi connectivity index (χ4v) is 5.30. The summed E-state index contributed by atoms with van der Waals surface area (Å²) in [5.74, 6) is -1.13. The van der Waals surface area contributed by atoms with Crippen molar-refractivity contribution in [3.8, 4) is 22.3 Å². The predicted octanol–water partition coefficient (Wildman–Crippen LogP) is 9.20. The van der Waals surface area contributed by atoms with E-state index in [-0.39, 0.29) is 11.3 Å². The maximum Gasteiger partial charge on any atom is 0.345 e. The molecule has 0 spiro atoms. The van der Waals surface area contributed by atoms with Crippen LogP contribution in [0.3, 0.4) is 0 Å². The molecule has 0 aliphatic carbocycles. The largest absolute Gasteiger partial charge is 0.456 e. The maximum absolute atomic E-state index is 12.3. The molecule has 2 N–H and O–H groups in total. The third-order valence-electron chi connectivity index (χ3n) is 7.44. The van der Waals surface area contributed by atoms with Crippen LogP contribution < -0.4 is 5.73 Å². The fraction of sp³-hybridized carbons (Fsp3) is 0.200. The standard InChI is InChI=1S/C20H18N2O4.C20H20N2O2/c1-20(2,3)26-19(23)16-9-8-13(10-18(16)22(24)25)17-12-21-11-14-6-4-5-7-15(14)17;1-20(2,3)24-19(23)16-9-8-13(10-18(16)21)17-12-22-11-14-6-4-5-7-15(14)17/h4-12H,1-3H3;4-12H,21H2,1-3H3. The summed E-state index contributed by atoms with van der Waals surface area (Å²) in [7, 11) is 0. The number of carbonyl (C=O) groups is 2. The van der Waals surface area contributed by atoms with Gasteiger partial charge in [0.1, 0.15) is 16.8 Å². The molecule has 2 aromatic heterocycles. The van der Waals surface area contributed by atoms with Gasteiger partial charge in [-0.3, -0.25) is 20.1 Å². The normalized spacial score (nSPS) is 11.4. The average Bonchev–Trinajstić information content (AvgIpc) is 3.06. The number of anilines is 1. The minimum Gasteiger partial charge on any atom is -0.456 e. The molecule has 254 valence electrons. The zero-order chi connectivity index (χ0) is 36.2. The Morgan fingerprint density at radius 1 is 0.640 bits per heavy atom. The van der Waals surface area contributed by atoms with Crippen molar-refractivity contribution in [2.75, 3.05) is 5.73 Å². The molecular weight excluding hydrogens is 632 g/mol. The van der Waals surface area contributed by atoms with E-state index >= 15 is 0 Å². The maximum atomic E-state index is 12.3. The number of hydrogen-bond acceptors (Lipinski definition) is 9. The lowest BCUT2D eigenvalue weighted by Gasteiger charge is -2.20. The monoisotopic (exact) mass is 670 g/mol. The molecule has 2 heterocycles. The first-order valence-corrected chi connectivity index (χ1v) is 15.9. The summed E-state index contributed by atoms with van der Waals surface area (Å²) in [6.45, 7) is 10.6. The third kappa shape index (κ3) is 8.27. The van der Waals surface area contributed by atoms with E-state index in [0.29, 0.717) is 16.8 Å². The van der Waals surface area contributed by atoms with E-state index in [9.17, 15) is 19.7 Å². The van der Waals surface area contributed by atoms with Crippen molar-refractivity contribution >= 4 is 44.9 Å². The molecule has 0 amide bonds. The molecule has 0 bridgehead atoms. The zero-order valence-electron chi connectivity index (χ0n) is 28.8. The lowest BCUT2D eigenvalue weighted by molar-refractivity contribution is -0.385. The molecular formula is C40H38N4O6. The van der Waals surface area contributed by atoms with Crippen LogP contribution in [0.1, 0.15) is 62.3 Å². The Labute approximate surface area is 290 Å². The van der Waals surface area contributed by atoms with Gasteiger partial charge in [-0.25, -0.2) is 9.59 Å². The highest BCUT2D eigenvalue weighted by Gasteiger charge is 2.26. The number of nitro groups is 1. The first-order chi connectivity index (χ1) is 23.6. The van der Waals surface area contributed by atoms with Gasteiger partial charge in [-0.05, 0) is 81.6 Å². The van der Waals surface area contributed by atoms with Gasteiger partial charge in [-0.1, -0.05) is 60.7 Å². The van der Waals surface area contributed by atoms with Crippen LogP contribution >= 0.6 is 0 Å². The second-order valence-electron chi connectivity index (χ2n) is 13.6. The number of fused-ring (bicyclic) bond motifs is 2. The van der Waals surface area contributed by atoms with E-state index in [0.717, 1.165) is 38.2 Å². The van der Waals surface area contributed by atoms with Crippen molar-refractivity contribution < 1.29 is 24.0 Å². The molecule has 0 saturated carbocycles. The van der Waals surface area contributed by atoms with Crippen molar-refractivity contribution in [1.29, 1.82) is 0 Å². The van der Waals surface area contributed by atoms with Gasteiger partial charge in [-0.2, -0.15) is 0 Å². The molecule has 0 saturated heterocycles. The van der Waals surface area contributed by atoms with Gasteiger partial charge in [0.05, 0.1) is 10.5 Å². The molecule has 10 nitrogen and oxygen atoms in total. The van der Waals surface area contributed by atoms with Crippen molar-refractivity contribution in [3.63, 3.8) is 0 Å². The Hall–Kier alpha value is -6.16. The van der Waals surface area contributed by atoms with Crippen LogP contribution in [0.15, 0.2) is 110 Å². The second-order valence-corrected chi connectivity index (χ2v) is 13.6. The smallest absolute Gasteiger partial charge is 0.345 e. The highest BCUT2D eigenvalue weighted by Crippen LogP contribution is 2.33. The highest BCUT2D eigenvalue weighted by atomic mass is 16.6. The molecule has 10 heteroatoms. The van der Waals surface area contributed by atoms with Gasteiger partial charge in [0.15, 0.2) is 0 Å². The van der Waals surface area contributed by atoms with Crippen LogP contribution in [0.2, 0.25) is 0 Å². The van der Waals surface area contributed by atoms with Crippen molar-refractivity contribution in [3.05, 3.63) is 131 Å². The number of esters is 2. The number of carbonyl (C=O) groups excluding carboxylic acids is 2. The summed E-state index contributed by atoms with van der Waals surface area (Å²) >= 11 is 0. The van der Waals surface area contributed by atoms with Crippen LogP contribution in [0, 0.1) is 10.1 Å². The highest BCUT2D eigenvalue weighted by molar-refractivity contribution is 6.00. The Bertz CT molecular complexity index is 2220. The number of nitrogens with zero attached hydrogens (tertiary/aromatic N) is 3. The Morgan fingerprint density at radius 2 is 1.08 bits per heavy atom. The number of aromatic nitrogens is 2. The Kier molecular flexibility index (Phi) is 9.94. The minimum absolute atomic E-state index is 0.0677. The summed E-state index contributed by atoms with van der Waals surface area (Å²) in [4.78, 5) is 44.0. The number of hydrogen-bond donors (Lipinski definition) is 1. The molecule has 0 aliphatic rings. The Balaban J connectivity index is 0.000000195. The van der Waals surface area contributed by atoms with Crippen LogP contribution in [0.25, 0.3) is 43.8 Å². The summed E-state index contributed by atoms with van der Waals surface area (Å²) < 4.78 is 10.7. The van der Waals surface area contributed by atoms with Gasteiger partial charge >= 0.3 is 11.9 Å². The first-order valence-electron chi connectivity index (χ1n) is 15.9. The van der Waals surface area contributed by atoms with E-state index < -0.39 is 28.1 Å². The molecule has 0 fully saturated rings. The van der Waals surface area contributed by atoms with Crippen LogP contribution in [-0.2, 0) is 9.47 Å². The number of nitrogen functional groups attached to an aromatic ring is 1. The molecule has 6 aromatic rings. The average molecular weight is 671 g/mol. The fourth-order valence-electron chi connectivity index (χ4n) is 5.30. The van der Waals surface area contributed by atoms with Crippen LogP contribution in [0.4, 0.5) is 11.4 Å². The van der Waals surface area contributed by atoms with Crippen LogP contribution in [-0.4, -0.2) is 38.0 Å². The van der Waals surface area contributed by atoms with Gasteiger partial charge in [-0.15, -0.1) is 0 Å². The van der Waals surface area contributed by atoms with E-state index in [1.165, 1.54) is 12.1 Å². The Morgan fingerprint density at radius 3 is 1.54 bits per heavy atom. The molecule has 0 aliphatic heterocycles. The number of nitro benzene ring substituents is 1. The quantitative estimate of drug-likeness (QED) is 0.0820. The number of pyridine rings is 2. The topological polar surface area (TPSA) is 148 Å². The van der Waals surface area contributed by atoms with E-state index in [2.05, 4.69) is 9.97 Å². The lowest BCUT2D eigenvalue weighted by Crippen LogP contribution is -2.24. The summed E-state index contributed by atoms with van der Waals surface area (Å²) in [5, 5.41) is 15.5. The van der Waals surface area contributed by atoms with Gasteiger partial charge in [0.2, 0.25) is 0 Å². The molecule has 6 rings (SSSR count). The van der Waals surface area contributed by atoms with Crippen molar-refractivity contribution in [2.45, 2.75) is 52.7 Å². The van der Waals surface area contributed by atoms with Gasteiger partial charge in [0.25, 0.3) is 5.69 Å². The molecule has 50 heavy (non-hydrogen) atoms. The molecule has 4 aromatic carbocycles. The van der Waals surface area contributed by atoms with Gasteiger partial charge in [0, 0.05) is 58.4 Å². The lowest BCUT2D eigenvalue weighted by atomic mass is 9.99. The molecule has 0 atom stereocenters. The summed E-state index contributed by atoms with van der Waals surface area (Å²) in [6.07, 6.45) is 7.04. The summed E-state index contributed by atoms with van der Waals surface area (Å²) in [6, 6.07) is 25.6. The van der Waals surface area contributed by atoms with E-state index in [1.807, 2.05) is 87.8 Å². The van der Waals surface area contributed by atoms with Crippen molar-refractivity contribution in [2.24, 2.45) is 0 Å². The summed E-state index contributed by atoms with van der Waals surface area (Å²) in [5.41, 5.74) is 8.52. The number of ether oxygens (including phenoxy) is 2. The number of nitrogens with two attached hydrogens (primary N) is 1. The van der Waals surface area contributed by atoms with Crippen LogP contribution in [0.5, 0.6) is 0 Å². The number of benzene rings is 4. The van der Waals surface area contributed by atoms with E-state index in [1.54, 1.807) is 51.4 Å². The molecule has 0 unspecified atom stereocenters. The number of rotatable bonds is 5. The third-order valence-corrected chi connectivity index (χ3v) is 7.44.